The zero-order chi connectivity index (χ0) is 19.8. The first-order valence-corrected chi connectivity index (χ1v) is 8.81. The second-order valence-corrected chi connectivity index (χ2v) is 6.01. The number of hydrogen-bond acceptors (Lipinski definition) is 7. The predicted molar refractivity (Wildman–Crippen MR) is 105 cm³/mol. The molecule has 1 amide bonds. The summed E-state index contributed by atoms with van der Waals surface area (Å²) < 4.78 is 15.1. The van der Waals surface area contributed by atoms with Gasteiger partial charge in [-0.2, -0.15) is 4.98 Å². The number of ether oxygens (including phenoxy) is 2. The lowest BCUT2D eigenvalue weighted by molar-refractivity contribution is 0.107. The van der Waals surface area contributed by atoms with Crippen molar-refractivity contribution >= 4 is 17.5 Å². The maximum absolute atomic E-state index is 11.7. The number of rotatable bonds is 8. The van der Waals surface area contributed by atoms with Crippen LogP contribution >= 0.6 is 0 Å². The molecule has 0 unspecified atom stereocenters. The van der Waals surface area contributed by atoms with Crippen molar-refractivity contribution in [3.8, 4) is 11.4 Å². The lowest BCUT2D eigenvalue weighted by atomic mass is 10.1. The molecule has 0 fully saturated rings. The molecular formula is C20H22N4O4. The maximum Gasteiger partial charge on any atom is 0.411 e. The first kappa shape index (κ1) is 19.4. The van der Waals surface area contributed by atoms with Crippen molar-refractivity contribution in [1.29, 1.82) is 0 Å². The minimum atomic E-state index is -0.533. The molecular weight excluding hydrogens is 360 g/mol. The van der Waals surface area contributed by atoms with Crippen LogP contribution in [0.15, 0.2) is 53.1 Å². The topological polar surface area (TPSA) is 98.5 Å². The molecule has 0 spiro atoms. The predicted octanol–water partition coefficient (Wildman–Crippen LogP) is 3.85. The standard InChI is InChI=1S/C20H22N4O4/c1-14-6-3-4-9-17(14)19-23-18(28-24-19)13-21-15-7-5-8-16(12-15)22-20(25)27-11-10-26-2/h3-9,12,21H,10-11,13H2,1-2H3,(H,22,25). The third-order valence-electron chi connectivity index (χ3n) is 3.93. The summed E-state index contributed by atoms with van der Waals surface area (Å²) in [5.41, 5.74) is 3.43. The van der Waals surface area contributed by atoms with Crippen LogP contribution in [0.25, 0.3) is 11.4 Å². The number of hydrogen-bond donors (Lipinski definition) is 2. The fourth-order valence-electron chi connectivity index (χ4n) is 2.52. The van der Waals surface area contributed by atoms with Crippen LogP contribution in [0.4, 0.5) is 16.2 Å². The molecule has 3 aromatic rings. The normalized spacial score (nSPS) is 10.5. The molecule has 0 aliphatic carbocycles. The van der Waals surface area contributed by atoms with Crippen LogP contribution in [0, 0.1) is 6.92 Å². The number of nitrogens with one attached hydrogen (secondary N) is 2. The van der Waals surface area contributed by atoms with Crippen LogP contribution in [0.5, 0.6) is 0 Å². The Labute approximate surface area is 162 Å². The zero-order valence-electron chi connectivity index (χ0n) is 15.8. The van der Waals surface area contributed by atoms with Crippen molar-refractivity contribution in [3.05, 3.63) is 60.0 Å². The van der Waals surface area contributed by atoms with Gasteiger partial charge in [-0.1, -0.05) is 35.5 Å². The van der Waals surface area contributed by atoms with Crippen LogP contribution in [-0.2, 0) is 16.0 Å². The van der Waals surface area contributed by atoms with E-state index in [4.69, 9.17) is 14.0 Å². The first-order chi connectivity index (χ1) is 13.7. The number of aromatic nitrogens is 2. The summed E-state index contributed by atoms with van der Waals surface area (Å²) in [6.45, 7) is 2.91. The molecule has 0 aliphatic heterocycles. The van der Waals surface area contributed by atoms with Crippen LogP contribution in [0.3, 0.4) is 0 Å². The second kappa shape index (κ2) is 9.52. The molecule has 2 aromatic carbocycles. The Morgan fingerprint density at radius 1 is 1.11 bits per heavy atom. The largest absolute Gasteiger partial charge is 0.447 e. The number of anilines is 2. The monoisotopic (exact) mass is 382 g/mol. The number of aryl methyl sites for hydroxylation is 1. The van der Waals surface area contributed by atoms with E-state index < -0.39 is 6.09 Å². The molecule has 0 radical (unpaired) electrons. The first-order valence-electron chi connectivity index (χ1n) is 8.81. The Bertz CT molecular complexity index is 926. The minimum Gasteiger partial charge on any atom is -0.447 e. The van der Waals surface area contributed by atoms with Crippen molar-refractivity contribution in [2.75, 3.05) is 31.0 Å². The van der Waals surface area contributed by atoms with E-state index in [1.807, 2.05) is 43.3 Å². The average molecular weight is 382 g/mol. The van der Waals surface area contributed by atoms with E-state index in [0.717, 1.165) is 16.8 Å². The van der Waals surface area contributed by atoms with Gasteiger partial charge in [0.2, 0.25) is 11.7 Å². The molecule has 0 saturated heterocycles. The molecule has 8 nitrogen and oxygen atoms in total. The quantitative estimate of drug-likeness (QED) is 0.571. The van der Waals surface area contributed by atoms with Crippen molar-refractivity contribution in [3.63, 3.8) is 0 Å². The Kier molecular flexibility index (Phi) is 6.59. The van der Waals surface area contributed by atoms with E-state index in [1.54, 1.807) is 19.2 Å². The van der Waals surface area contributed by atoms with Crippen molar-refractivity contribution in [2.45, 2.75) is 13.5 Å². The molecule has 8 heteroatoms. The van der Waals surface area contributed by atoms with E-state index in [0.29, 0.717) is 30.6 Å². The van der Waals surface area contributed by atoms with Crippen LogP contribution < -0.4 is 10.6 Å². The van der Waals surface area contributed by atoms with Gasteiger partial charge in [0.15, 0.2) is 0 Å². The Balaban J connectivity index is 1.57. The highest BCUT2D eigenvalue weighted by Gasteiger charge is 2.10. The second-order valence-electron chi connectivity index (χ2n) is 6.01. The number of amides is 1. The Morgan fingerprint density at radius 3 is 2.75 bits per heavy atom. The molecule has 0 aliphatic rings. The molecule has 0 atom stereocenters. The summed E-state index contributed by atoms with van der Waals surface area (Å²) >= 11 is 0. The Hall–Kier alpha value is -3.39. The van der Waals surface area contributed by atoms with Gasteiger partial charge in [0.1, 0.15) is 6.61 Å². The smallest absolute Gasteiger partial charge is 0.411 e. The lowest BCUT2D eigenvalue weighted by Crippen LogP contribution is -2.16. The summed E-state index contributed by atoms with van der Waals surface area (Å²) in [4.78, 5) is 16.1. The van der Waals surface area contributed by atoms with Gasteiger partial charge in [-0.3, -0.25) is 5.32 Å². The van der Waals surface area contributed by atoms with Crippen LogP contribution in [-0.4, -0.2) is 36.6 Å². The van der Waals surface area contributed by atoms with Gasteiger partial charge in [-0.25, -0.2) is 4.79 Å². The lowest BCUT2D eigenvalue weighted by Gasteiger charge is -2.09. The van der Waals surface area contributed by atoms with Crippen molar-refractivity contribution < 1.29 is 18.8 Å². The van der Waals surface area contributed by atoms with Crippen molar-refractivity contribution in [2.24, 2.45) is 0 Å². The van der Waals surface area contributed by atoms with E-state index in [2.05, 4.69) is 20.8 Å². The molecule has 0 saturated carbocycles. The Morgan fingerprint density at radius 2 is 1.93 bits per heavy atom. The summed E-state index contributed by atoms with van der Waals surface area (Å²) in [6.07, 6.45) is -0.533. The van der Waals surface area contributed by atoms with Crippen LogP contribution in [0.2, 0.25) is 0 Å². The molecule has 0 bridgehead atoms. The minimum absolute atomic E-state index is 0.195. The van der Waals surface area contributed by atoms with Gasteiger partial charge in [0.05, 0.1) is 13.2 Å². The summed E-state index contributed by atoms with van der Waals surface area (Å²) in [6, 6.07) is 15.1. The van der Waals surface area contributed by atoms with Crippen LogP contribution in [0.1, 0.15) is 11.5 Å². The highest BCUT2D eigenvalue weighted by atomic mass is 16.6. The zero-order valence-corrected chi connectivity index (χ0v) is 15.8. The van der Waals surface area contributed by atoms with E-state index in [1.165, 1.54) is 0 Å². The molecule has 2 N–H and O–H groups in total. The third kappa shape index (κ3) is 5.31. The SMILES string of the molecule is COCCOC(=O)Nc1cccc(NCc2nc(-c3ccccc3C)no2)c1. The molecule has 1 heterocycles. The highest BCUT2D eigenvalue weighted by molar-refractivity contribution is 5.85. The summed E-state index contributed by atoms with van der Waals surface area (Å²) in [7, 11) is 1.55. The third-order valence-corrected chi connectivity index (χ3v) is 3.93. The fourth-order valence-corrected chi connectivity index (χ4v) is 2.52. The van der Waals surface area contributed by atoms with Gasteiger partial charge in [-0.15, -0.1) is 0 Å². The highest BCUT2D eigenvalue weighted by Crippen LogP contribution is 2.20. The average Bonchev–Trinajstić information content (AvgIpc) is 3.16. The molecule has 1 aromatic heterocycles. The van der Waals surface area contributed by atoms with Gasteiger partial charge in [-0.05, 0) is 30.7 Å². The van der Waals surface area contributed by atoms with E-state index in [9.17, 15) is 4.79 Å². The maximum atomic E-state index is 11.7. The van der Waals surface area contributed by atoms with E-state index >= 15 is 0 Å². The number of nitrogens with zero attached hydrogens (tertiary/aromatic N) is 2. The van der Waals surface area contributed by atoms with Gasteiger partial charge in [0.25, 0.3) is 0 Å². The van der Waals surface area contributed by atoms with Gasteiger partial charge < -0.3 is 19.3 Å². The number of carbonyl (C=O) groups excluding carboxylic acids is 1. The molecule has 28 heavy (non-hydrogen) atoms. The molecule has 146 valence electrons. The number of benzene rings is 2. The summed E-state index contributed by atoms with van der Waals surface area (Å²) in [5.74, 6) is 1.03. The molecule has 3 rings (SSSR count). The van der Waals surface area contributed by atoms with Crippen molar-refractivity contribution in [1.82, 2.24) is 10.1 Å². The number of methoxy groups -OCH3 is 1. The summed E-state index contributed by atoms with van der Waals surface area (Å²) in [5, 5.41) is 9.90. The van der Waals surface area contributed by atoms with Gasteiger partial charge >= 0.3 is 6.09 Å². The number of carbonyl (C=O) groups is 1. The van der Waals surface area contributed by atoms with Gasteiger partial charge in [0, 0.05) is 24.0 Å². The van der Waals surface area contributed by atoms with E-state index in [-0.39, 0.29) is 6.61 Å². The fraction of sp³-hybridized carbons (Fsp3) is 0.250.